The zero-order chi connectivity index (χ0) is 18.5. The van der Waals surface area contributed by atoms with Crippen LogP contribution in [0.2, 0.25) is 0 Å². The molecule has 0 radical (unpaired) electrons. The molecule has 138 valence electrons. The van der Waals surface area contributed by atoms with Crippen LogP contribution in [-0.4, -0.2) is 46.2 Å². The quantitative estimate of drug-likeness (QED) is 0.721. The number of methoxy groups -OCH3 is 1. The second kappa shape index (κ2) is 7.94. The lowest BCUT2D eigenvalue weighted by Gasteiger charge is -2.25. The van der Waals surface area contributed by atoms with Crippen molar-refractivity contribution in [3.63, 3.8) is 0 Å². The molecule has 26 heavy (non-hydrogen) atoms. The third kappa shape index (κ3) is 4.16. The molecule has 3 rings (SSSR count). The first-order chi connectivity index (χ1) is 12.6. The minimum Gasteiger partial charge on any atom is -0.493 e. The highest BCUT2D eigenvalue weighted by Gasteiger charge is 2.20. The number of hydrogen-bond donors (Lipinski definition) is 2. The van der Waals surface area contributed by atoms with Gasteiger partial charge in [0.1, 0.15) is 5.75 Å². The van der Waals surface area contributed by atoms with Crippen LogP contribution >= 0.6 is 0 Å². The van der Waals surface area contributed by atoms with Gasteiger partial charge in [-0.15, -0.1) is 10.2 Å². The predicted molar refractivity (Wildman–Crippen MR) is 90.7 cm³/mol. The van der Waals surface area contributed by atoms with Crippen LogP contribution in [0.25, 0.3) is 0 Å². The molecule has 0 aliphatic heterocycles. The van der Waals surface area contributed by atoms with Crippen LogP contribution in [0, 0.1) is 5.92 Å². The van der Waals surface area contributed by atoms with Crippen LogP contribution in [0.1, 0.15) is 58.8 Å². The first-order valence-corrected chi connectivity index (χ1v) is 8.47. The van der Waals surface area contributed by atoms with Crippen molar-refractivity contribution >= 4 is 11.9 Å². The number of nitrogens with one attached hydrogen (secondary N) is 2. The van der Waals surface area contributed by atoms with Gasteiger partial charge in [-0.2, -0.15) is 5.21 Å². The molecule has 0 spiro atoms. The number of carbonyl (C=O) groups is 2. The Morgan fingerprint density at radius 3 is 2.69 bits per heavy atom. The number of aromatic amines is 1. The minimum absolute atomic E-state index is 0.260. The summed E-state index contributed by atoms with van der Waals surface area (Å²) in [4.78, 5) is 24.5. The van der Waals surface area contributed by atoms with E-state index < -0.39 is 12.0 Å². The molecule has 1 aliphatic carbocycles. The van der Waals surface area contributed by atoms with E-state index in [-0.39, 0.29) is 11.5 Å². The Bertz CT molecular complexity index is 773. The first-order valence-electron chi connectivity index (χ1n) is 8.47. The Morgan fingerprint density at radius 1 is 1.31 bits per heavy atom. The van der Waals surface area contributed by atoms with Gasteiger partial charge in [0, 0.05) is 5.56 Å². The zero-order valence-electron chi connectivity index (χ0n) is 14.7. The van der Waals surface area contributed by atoms with Gasteiger partial charge in [0.15, 0.2) is 5.82 Å². The summed E-state index contributed by atoms with van der Waals surface area (Å²) in [5.74, 6) is 0.467. The molecule has 1 atom stereocenters. The predicted octanol–water partition coefficient (Wildman–Crippen LogP) is 1.66. The molecule has 1 aliphatic rings. The van der Waals surface area contributed by atoms with Crippen molar-refractivity contribution in [3.8, 4) is 5.75 Å². The highest BCUT2D eigenvalue weighted by atomic mass is 16.5. The topological polar surface area (TPSA) is 119 Å². The Labute approximate surface area is 150 Å². The van der Waals surface area contributed by atoms with E-state index in [4.69, 9.17) is 9.47 Å². The smallest absolute Gasteiger partial charge is 0.338 e. The highest BCUT2D eigenvalue weighted by molar-refractivity contribution is 5.98. The van der Waals surface area contributed by atoms with Crippen LogP contribution < -0.4 is 10.1 Å². The Morgan fingerprint density at radius 2 is 2.08 bits per heavy atom. The third-order valence-electron chi connectivity index (χ3n) is 4.40. The molecule has 1 aromatic heterocycles. The number of H-pyrrole nitrogens is 1. The maximum absolute atomic E-state index is 12.6. The van der Waals surface area contributed by atoms with Crippen molar-refractivity contribution in [1.82, 2.24) is 25.9 Å². The number of amides is 1. The number of tetrazole rings is 1. The monoisotopic (exact) mass is 359 g/mol. The normalized spacial score (nSPS) is 15.0. The summed E-state index contributed by atoms with van der Waals surface area (Å²) < 4.78 is 10.6. The second-order valence-corrected chi connectivity index (χ2v) is 6.31. The van der Waals surface area contributed by atoms with Crippen LogP contribution in [0.5, 0.6) is 5.75 Å². The van der Waals surface area contributed by atoms with E-state index in [1.807, 2.05) is 0 Å². The van der Waals surface area contributed by atoms with Crippen molar-refractivity contribution in [3.05, 3.63) is 35.2 Å². The molecule has 9 heteroatoms. The fourth-order valence-electron chi connectivity index (χ4n) is 2.62. The summed E-state index contributed by atoms with van der Waals surface area (Å²) in [5, 5.41) is 16.3. The van der Waals surface area contributed by atoms with Crippen LogP contribution in [-0.2, 0) is 4.74 Å². The number of hydrogen-bond acceptors (Lipinski definition) is 7. The molecule has 9 nitrogen and oxygen atoms in total. The summed E-state index contributed by atoms with van der Waals surface area (Å²) in [5.41, 5.74) is 0.558. The average Bonchev–Trinajstić information content (AvgIpc) is 3.14. The Hall–Kier alpha value is -2.97. The maximum atomic E-state index is 12.6. The summed E-state index contributed by atoms with van der Waals surface area (Å²) in [6, 6.07) is 4.23. The molecule has 0 saturated heterocycles. The second-order valence-electron chi connectivity index (χ2n) is 6.31. The van der Waals surface area contributed by atoms with Gasteiger partial charge < -0.3 is 14.8 Å². The van der Waals surface area contributed by atoms with Gasteiger partial charge in [0.25, 0.3) is 5.91 Å². The van der Waals surface area contributed by atoms with Crippen molar-refractivity contribution in [1.29, 1.82) is 0 Å². The number of benzene rings is 1. The zero-order valence-corrected chi connectivity index (χ0v) is 14.7. The van der Waals surface area contributed by atoms with E-state index in [1.54, 1.807) is 19.1 Å². The maximum Gasteiger partial charge on any atom is 0.338 e. The molecule has 2 N–H and O–H groups in total. The van der Waals surface area contributed by atoms with E-state index in [0.717, 1.165) is 12.8 Å². The fraction of sp³-hybridized carbons (Fsp3) is 0.471. The largest absolute Gasteiger partial charge is 0.493 e. The van der Waals surface area contributed by atoms with Gasteiger partial charge in [-0.1, -0.05) is 11.6 Å². The Balaban J connectivity index is 1.76. The number of nitrogens with zero attached hydrogens (tertiary/aromatic N) is 3. The molecule has 0 bridgehead atoms. The summed E-state index contributed by atoms with van der Waals surface area (Å²) >= 11 is 0. The average molecular weight is 359 g/mol. The number of esters is 1. The molecule has 0 unspecified atom stereocenters. The summed E-state index contributed by atoms with van der Waals surface area (Å²) in [7, 11) is 1.29. The van der Waals surface area contributed by atoms with Crippen molar-refractivity contribution in [2.75, 3.05) is 13.7 Å². The molecule has 1 heterocycles. The lowest BCUT2D eigenvalue weighted by Crippen LogP contribution is -2.27. The van der Waals surface area contributed by atoms with E-state index in [9.17, 15) is 9.59 Å². The molecular formula is C17H21N5O4. The van der Waals surface area contributed by atoms with Crippen LogP contribution in [0.15, 0.2) is 18.2 Å². The van der Waals surface area contributed by atoms with E-state index >= 15 is 0 Å². The molecule has 1 amide bonds. The van der Waals surface area contributed by atoms with Gasteiger partial charge in [0.2, 0.25) is 0 Å². The number of aromatic nitrogens is 4. The van der Waals surface area contributed by atoms with E-state index in [1.165, 1.54) is 19.6 Å². The molecule has 1 saturated carbocycles. The van der Waals surface area contributed by atoms with Gasteiger partial charge in [-0.25, -0.2) is 4.79 Å². The summed E-state index contributed by atoms with van der Waals surface area (Å²) in [6.45, 7) is 2.31. The fourth-order valence-corrected chi connectivity index (χ4v) is 2.62. The minimum atomic E-state index is -0.528. The van der Waals surface area contributed by atoms with E-state index in [2.05, 4.69) is 25.9 Å². The SMILES string of the molecule is COC(=O)c1cc(OCC2CCC2)cc(C(=O)N[C@H](C)c2nn[nH]n2)c1. The van der Waals surface area contributed by atoms with Crippen LogP contribution in [0.4, 0.5) is 0 Å². The van der Waals surface area contributed by atoms with E-state index in [0.29, 0.717) is 29.7 Å². The first kappa shape index (κ1) is 17.8. The molecule has 1 fully saturated rings. The number of rotatable bonds is 7. The lowest BCUT2D eigenvalue weighted by molar-refractivity contribution is 0.0600. The third-order valence-corrected chi connectivity index (χ3v) is 4.40. The van der Waals surface area contributed by atoms with Gasteiger partial charge in [0.05, 0.1) is 25.3 Å². The molecule has 1 aromatic carbocycles. The standard InChI is InChI=1S/C17H21N5O4/c1-10(15-19-21-22-20-15)18-16(23)12-6-13(17(24)25-2)8-14(7-12)26-9-11-4-3-5-11/h6-8,10-11H,3-5,9H2,1-2H3,(H,18,23)(H,19,20,21,22)/t10-/m1/s1. The Kier molecular flexibility index (Phi) is 5.45. The molecule has 2 aromatic rings. The van der Waals surface area contributed by atoms with Gasteiger partial charge in [-0.05, 0) is 43.9 Å². The summed E-state index contributed by atoms with van der Waals surface area (Å²) in [6.07, 6.45) is 3.51. The molecular weight excluding hydrogens is 338 g/mol. The highest BCUT2D eigenvalue weighted by Crippen LogP contribution is 2.28. The van der Waals surface area contributed by atoms with Gasteiger partial charge >= 0.3 is 5.97 Å². The van der Waals surface area contributed by atoms with Crippen molar-refractivity contribution < 1.29 is 19.1 Å². The van der Waals surface area contributed by atoms with Gasteiger partial charge in [-0.3, -0.25) is 4.79 Å². The van der Waals surface area contributed by atoms with Crippen molar-refractivity contribution in [2.45, 2.75) is 32.2 Å². The number of carbonyl (C=O) groups excluding carboxylic acids is 2. The van der Waals surface area contributed by atoms with Crippen molar-refractivity contribution in [2.24, 2.45) is 5.92 Å². The number of ether oxygens (including phenoxy) is 2. The lowest BCUT2D eigenvalue weighted by atomic mass is 9.86. The van der Waals surface area contributed by atoms with Crippen LogP contribution in [0.3, 0.4) is 0 Å².